The Bertz CT molecular complexity index is 623. The minimum Gasteiger partial charge on any atom is -0.366 e. The monoisotopic (exact) mass is 300 g/mol. The quantitative estimate of drug-likeness (QED) is 0.752. The summed E-state index contributed by atoms with van der Waals surface area (Å²) in [5, 5.41) is 8.22. The molecule has 0 radical (unpaired) electrons. The maximum atomic E-state index is 5.54. The summed E-state index contributed by atoms with van der Waals surface area (Å²) in [7, 11) is 0. The Kier molecular flexibility index (Phi) is 2.04. The first-order chi connectivity index (χ1) is 7.24. The van der Waals surface area contributed by atoms with E-state index in [1.54, 1.807) is 15.9 Å². The first-order valence-corrected chi connectivity index (χ1v) is 6.63. The molecule has 0 aliphatic carbocycles. The van der Waals surface area contributed by atoms with Gasteiger partial charge in [-0.25, -0.2) is 4.52 Å². The molecule has 7 heteroatoms. The second-order valence-electron chi connectivity index (χ2n) is 2.91. The van der Waals surface area contributed by atoms with Crippen molar-refractivity contribution in [3.8, 4) is 10.6 Å². The highest BCUT2D eigenvalue weighted by atomic mass is 79.9. The number of fused-ring (bicyclic) bond motifs is 1. The highest BCUT2D eigenvalue weighted by molar-refractivity contribution is 9.10. The summed E-state index contributed by atoms with van der Waals surface area (Å²) >= 11 is 6.63. The fourth-order valence-corrected chi connectivity index (χ4v) is 3.65. The van der Waals surface area contributed by atoms with Gasteiger partial charge in [-0.05, 0) is 22.0 Å². The van der Waals surface area contributed by atoms with E-state index in [-0.39, 0.29) is 0 Å². The Balaban J connectivity index is 2.26. The fraction of sp³-hybridized carbons (Fsp3) is 0. The Hall–Kier alpha value is -0.920. The Morgan fingerprint density at radius 1 is 1.33 bits per heavy atom. The van der Waals surface area contributed by atoms with Crippen LogP contribution in [0.1, 0.15) is 0 Å². The first-order valence-electron chi connectivity index (χ1n) is 4.08. The maximum absolute atomic E-state index is 5.54. The highest BCUT2D eigenvalue weighted by Crippen LogP contribution is 2.32. The summed E-state index contributed by atoms with van der Waals surface area (Å²) in [6.45, 7) is 0. The predicted octanol–water partition coefficient (Wildman–Crippen LogP) is 2.86. The van der Waals surface area contributed by atoms with Crippen LogP contribution in [0.15, 0.2) is 21.3 Å². The van der Waals surface area contributed by atoms with Gasteiger partial charge in [0.2, 0.25) is 10.9 Å². The molecule has 15 heavy (non-hydrogen) atoms. The van der Waals surface area contributed by atoms with E-state index in [0.29, 0.717) is 5.95 Å². The molecule has 4 nitrogen and oxygen atoms in total. The van der Waals surface area contributed by atoms with E-state index in [1.165, 1.54) is 11.3 Å². The molecular formula is C8H5BrN4S2. The molecule has 76 valence electrons. The number of halogens is 1. The summed E-state index contributed by atoms with van der Waals surface area (Å²) in [6.07, 6.45) is 0. The lowest BCUT2D eigenvalue weighted by atomic mass is 10.4. The van der Waals surface area contributed by atoms with Gasteiger partial charge in [-0.3, -0.25) is 0 Å². The van der Waals surface area contributed by atoms with Crippen molar-refractivity contribution in [1.29, 1.82) is 0 Å². The number of thiophene rings is 1. The second-order valence-corrected chi connectivity index (χ2v) is 5.58. The van der Waals surface area contributed by atoms with Crippen LogP contribution in [0.5, 0.6) is 0 Å². The SMILES string of the molecule is Nc1nc2scc(-c3cc(Br)cs3)n2n1. The van der Waals surface area contributed by atoms with E-state index < -0.39 is 0 Å². The number of nitrogens with two attached hydrogens (primary N) is 1. The summed E-state index contributed by atoms with van der Waals surface area (Å²) in [5.41, 5.74) is 6.58. The van der Waals surface area contributed by atoms with Crippen molar-refractivity contribution in [3.63, 3.8) is 0 Å². The van der Waals surface area contributed by atoms with Crippen LogP contribution in [0.2, 0.25) is 0 Å². The number of aromatic nitrogens is 3. The van der Waals surface area contributed by atoms with Crippen LogP contribution in [-0.4, -0.2) is 14.6 Å². The van der Waals surface area contributed by atoms with Gasteiger partial charge in [0.1, 0.15) is 0 Å². The second kappa shape index (κ2) is 3.29. The molecule has 0 fully saturated rings. The van der Waals surface area contributed by atoms with Gasteiger partial charge in [-0.1, -0.05) is 0 Å². The van der Waals surface area contributed by atoms with Gasteiger partial charge >= 0.3 is 0 Å². The Morgan fingerprint density at radius 3 is 2.93 bits per heavy atom. The van der Waals surface area contributed by atoms with Crippen LogP contribution in [-0.2, 0) is 0 Å². The van der Waals surface area contributed by atoms with Gasteiger partial charge in [-0.2, -0.15) is 4.98 Å². The van der Waals surface area contributed by atoms with Crippen molar-refractivity contribution in [3.05, 3.63) is 21.3 Å². The molecule has 3 rings (SSSR count). The van der Waals surface area contributed by atoms with Crippen molar-refractivity contribution in [2.75, 3.05) is 5.73 Å². The smallest absolute Gasteiger partial charge is 0.241 e. The molecule has 0 unspecified atom stereocenters. The van der Waals surface area contributed by atoms with Gasteiger partial charge in [0.05, 0.1) is 10.6 Å². The zero-order chi connectivity index (χ0) is 10.4. The molecule has 3 heterocycles. The Morgan fingerprint density at radius 2 is 2.20 bits per heavy atom. The number of anilines is 1. The first kappa shape index (κ1) is 9.32. The standard InChI is InChI=1S/C8H5BrN4S2/c9-4-1-6(14-2-4)5-3-15-8-11-7(10)12-13(5)8/h1-3H,(H2,10,12). The average molecular weight is 301 g/mol. The molecule has 0 bridgehead atoms. The lowest BCUT2D eigenvalue weighted by molar-refractivity contribution is 0.995. The van der Waals surface area contributed by atoms with Gasteiger partial charge < -0.3 is 5.73 Å². The normalized spacial score (nSPS) is 11.3. The third-order valence-electron chi connectivity index (χ3n) is 1.92. The lowest BCUT2D eigenvalue weighted by Crippen LogP contribution is -1.89. The average Bonchev–Trinajstić information content (AvgIpc) is 2.80. The molecule has 0 aliphatic heterocycles. The van der Waals surface area contributed by atoms with Crippen LogP contribution in [0, 0.1) is 0 Å². The summed E-state index contributed by atoms with van der Waals surface area (Å²) in [5.74, 6) is 0.318. The number of hydrogen-bond acceptors (Lipinski definition) is 5. The van der Waals surface area contributed by atoms with E-state index >= 15 is 0 Å². The fourth-order valence-electron chi connectivity index (χ4n) is 1.31. The van der Waals surface area contributed by atoms with Gasteiger partial charge in [-0.15, -0.1) is 27.8 Å². The molecule has 0 amide bonds. The molecule has 0 atom stereocenters. The molecule has 2 N–H and O–H groups in total. The van der Waals surface area contributed by atoms with Crippen LogP contribution < -0.4 is 5.73 Å². The molecule has 3 aromatic heterocycles. The van der Waals surface area contributed by atoms with E-state index in [0.717, 1.165) is 20.0 Å². The van der Waals surface area contributed by atoms with Crippen LogP contribution >= 0.6 is 38.6 Å². The number of rotatable bonds is 1. The summed E-state index contributed by atoms with van der Waals surface area (Å²) in [6, 6.07) is 2.06. The van der Waals surface area contributed by atoms with Crippen molar-refractivity contribution in [2.45, 2.75) is 0 Å². The van der Waals surface area contributed by atoms with Gasteiger partial charge in [0, 0.05) is 15.2 Å². The van der Waals surface area contributed by atoms with Gasteiger partial charge in [0.25, 0.3) is 0 Å². The van der Waals surface area contributed by atoms with Crippen LogP contribution in [0.25, 0.3) is 15.5 Å². The molecule has 0 spiro atoms. The third kappa shape index (κ3) is 1.47. The zero-order valence-corrected chi connectivity index (χ0v) is 10.6. The van der Waals surface area contributed by atoms with Gasteiger partial charge in [0.15, 0.2) is 0 Å². The number of hydrogen-bond donors (Lipinski definition) is 1. The molecule has 0 aromatic carbocycles. The van der Waals surface area contributed by atoms with E-state index in [1.807, 2.05) is 10.8 Å². The molecule has 0 aliphatic rings. The van der Waals surface area contributed by atoms with Crippen molar-refractivity contribution < 1.29 is 0 Å². The topological polar surface area (TPSA) is 56.2 Å². The third-order valence-corrected chi connectivity index (χ3v) is 4.45. The Labute approximate surface area is 102 Å². The number of nitrogen functional groups attached to an aromatic ring is 1. The number of nitrogens with zero attached hydrogens (tertiary/aromatic N) is 3. The highest BCUT2D eigenvalue weighted by Gasteiger charge is 2.11. The molecule has 0 saturated heterocycles. The maximum Gasteiger partial charge on any atom is 0.241 e. The minimum atomic E-state index is 0.318. The van der Waals surface area contributed by atoms with E-state index in [2.05, 4.69) is 32.1 Å². The predicted molar refractivity (Wildman–Crippen MR) is 66.3 cm³/mol. The molecule has 3 aromatic rings. The van der Waals surface area contributed by atoms with E-state index in [9.17, 15) is 0 Å². The summed E-state index contributed by atoms with van der Waals surface area (Å²) in [4.78, 5) is 6.08. The number of thiazole rings is 1. The van der Waals surface area contributed by atoms with Crippen LogP contribution in [0.3, 0.4) is 0 Å². The minimum absolute atomic E-state index is 0.318. The van der Waals surface area contributed by atoms with Crippen molar-refractivity contribution >= 4 is 49.5 Å². The molecular weight excluding hydrogens is 296 g/mol. The summed E-state index contributed by atoms with van der Waals surface area (Å²) < 4.78 is 2.85. The lowest BCUT2D eigenvalue weighted by Gasteiger charge is -1.91. The zero-order valence-electron chi connectivity index (χ0n) is 7.35. The largest absolute Gasteiger partial charge is 0.366 e. The van der Waals surface area contributed by atoms with Crippen molar-refractivity contribution in [2.24, 2.45) is 0 Å². The van der Waals surface area contributed by atoms with E-state index in [4.69, 9.17) is 5.73 Å². The van der Waals surface area contributed by atoms with Crippen molar-refractivity contribution in [1.82, 2.24) is 14.6 Å². The molecule has 0 saturated carbocycles. The van der Waals surface area contributed by atoms with Crippen LogP contribution in [0.4, 0.5) is 5.95 Å².